The van der Waals surface area contributed by atoms with E-state index < -0.39 is 16.2 Å². The largest absolute Gasteiger partial charge is 0.379 e. The van der Waals surface area contributed by atoms with Gasteiger partial charge in [0.25, 0.3) is 0 Å². The summed E-state index contributed by atoms with van der Waals surface area (Å²) in [6.45, 7) is 1.87. The van der Waals surface area contributed by atoms with Gasteiger partial charge in [-0.1, -0.05) is 29.8 Å². The molecule has 6 heteroatoms. The standard InChI is InChI=1S/C16H15NO4S/c1-12-3-9-15(10-4-12)22(18,19)21-14-7-5-13(6-8-14)16(11-17)20-2/h3-10,16H,1-2H3. The van der Waals surface area contributed by atoms with Gasteiger partial charge < -0.3 is 8.92 Å². The Morgan fingerprint density at radius 3 is 2.14 bits per heavy atom. The van der Waals surface area contributed by atoms with E-state index >= 15 is 0 Å². The summed E-state index contributed by atoms with van der Waals surface area (Å²) in [5.74, 6) is 0.178. The third-order valence-corrected chi connectivity index (χ3v) is 4.31. The lowest BCUT2D eigenvalue weighted by Crippen LogP contribution is -2.09. The van der Waals surface area contributed by atoms with Crippen molar-refractivity contribution >= 4 is 10.1 Å². The first-order valence-corrected chi connectivity index (χ1v) is 7.90. The molecule has 2 aromatic rings. The number of benzene rings is 2. The quantitative estimate of drug-likeness (QED) is 0.792. The van der Waals surface area contributed by atoms with Crippen LogP contribution in [0.4, 0.5) is 0 Å². The van der Waals surface area contributed by atoms with Gasteiger partial charge in [-0.05, 0) is 36.8 Å². The molecular weight excluding hydrogens is 302 g/mol. The van der Waals surface area contributed by atoms with Gasteiger partial charge in [-0.15, -0.1) is 0 Å². The third-order valence-electron chi connectivity index (χ3n) is 3.05. The maximum absolute atomic E-state index is 12.1. The van der Waals surface area contributed by atoms with Gasteiger partial charge in [0.05, 0.1) is 6.07 Å². The van der Waals surface area contributed by atoms with E-state index in [0.717, 1.165) is 5.56 Å². The average molecular weight is 317 g/mol. The minimum atomic E-state index is -3.87. The first kappa shape index (κ1) is 16.0. The predicted molar refractivity (Wildman–Crippen MR) is 80.8 cm³/mol. The Labute approximate surface area is 129 Å². The van der Waals surface area contributed by atoms with Gasteiger partial charge >= 0.3 is 10.1 Å². The van der Waals surface area contributed by atoms with Crippen LogP contribution >= 0.6 is 0 Å². The average Bonchev–Trinajstić information content (AvgIpc) is 2.50. The molecule has 114 valence electrons. The summed E-state index contributed by atoms with van der Waals surface area (Å²) in [5, 5.41) is 8.90. The van der Waals surface area contributed by atoms with Gasteiger partial charge in [-0.3, -0.25) is 0 Å². The highest BCUT2D eigenvalue weighted by molar-refractivity contribution is 7.87. The Morgan fingerprint density at radius 1 is 1.05 bits per heavy atom. The van der Waals surface area contributed by atoms with Crippen molar-refractivity contribution in [2.45, 2.75) is 17.9 Å². The SMILES string of the molecule is COC(C#N)c1ccc(OS(=O)(=O)c2ccc(C)cc2)cc1. The van der Waals surface area contributed by atoms with Gasteiger partial charge in [-0.2, -0.15) is 13.7 Å². The highest BCUT2D eigenvalue weighted by Gasteiger charge is 2.17. The van der Waals surface area contributed by atoms with Crippen molar-refractivity contribution < 1.29 is 17.3 Å². The maximum atomic E-state index is 12.1. The number of nitriles is 1. The van der Waals surface area contributed by atoms with E-state index in [0.29, 0.717) is 5.56 Å². The highest BCUT2D eigenvalue weighted by atomic mass is 32.2. The molecule has 0 saturated heterocycles. The van der Waals surface area contributed by atoms with E-state index in [9.17, 15) is 8.42 Å². The summed E-state index contributed by atoms with van der Waals surface area (Å²) in [7, 11) is -2.44. The Balaban J connectivity index is 2.20. The van der Waals surface area contributed by atoms with Crippen LogP contribution in [-0.2, 0) is 14.9 Å². The topological polar surface area (TPSA) is 76.4 Å². The number of hydrogen-bond donors (Lipinski definition) is 0. The summed E-state index contributed by atoms with van der Waals surface area (Å²) in [6, 6.07) is 14.6. The normalized spacial score (nSPS) is 12.4. The highest BCUT2D eigenvalue weighted by Crippen LogP contribution is 2.22. The van der Waals surface area contributed by atoms with Crippen molar-refractivity contribution in [2.24, 2.45) is 0 Å². The molecule has 0 fully saturated rings. The molecule has 1 unspecified atom stereocenters. The summed E-state index contributed by atoms with van der Waals surface area (Å²) in [5.41, 5.74) is 1.59. The Bertz CT molecular complexity index is 774. The summed E-state index contributed by atoms with van der Waals surface area (Å²) < 4.78 is 34.4. The molecule has 0 aliphatic carbocycles. The zero-order chi connectivity index (χ0) is 16.2. The Morgan fingerprint density at radius 2 is 1.64 bits per heavy atom. The van der Waals surface area contributed by atoms with E-state index in [1.807, 2.05) is 13.0 Å². The molecule has 0 aliphatic heterocycles. The first-order chi connectivity index (χ1) is 10.5. The number of aryl methyl sites for hydroxylation is 1. The monoisotopic (exact) mass is 317 g/mol. The van der Waals surface area contributed by atoms with Crippen molar-refractivity contribution in [3.05, 3.63) is 59.7 Å². The van der Waals surface area contributed by atoms with E-state index in [1.54, 1.807) is 24.3 Å². The van der Waals surface area contributed by atoms with Crippen LogP contribution in [0.5, 0.6) is 5.75 Å². The number of ether oxygens (including phenoxy) is 1. The van der Waals surface area contributed by atoms with Crippen molar-refractivity contribution in [1.29, 1.82) is 5.26 Å². The van der Waals surface area contributed by atoms with Crippen LogP contribution in [0.1, 0.15) is 17.2 Å². The van der Waals surface area contributed by atoms with Gasteiger partial charge in [0.15, 0.2) is 6.10 Å². The van der Waals surface area contributed by atoms with E-state index in [4.69, 9.17) is 14.2 Å². The van der Waals surface area contributed by atoms with E-state index in [1.165, 1.54) is 31.4 Å². The Kier molecular flexibility index (Phi) is 4.81. The summed E-state index contributed by atoms with van der Waals surface area (Å²) in [4.78, 5) is 0.0916. The number of nitrogens with zero attached hydrogens (tertiary/aromatic N) is 1. The lowest BCUT2D eigenvalue weighted by molar-refractivity contribution is 0.148. The minimum absolute atomic E-state index is 0.0916. The van der Waals surface area contributed by atoms with Crippen LogP contribution in [0.25, 0.3) is 0 Å². The fraction of sp³-hybridized carbons (Fsp3) is 0.188. The van der Waals surface area contributed by atoms with Gasteiger partial charge in [-0.25, -0.2) is 0 Å². The number of hydrogen-bond acceptors (Lipinski definition) is 5. The molecular formula is C16H15NO4S. The van der Waals surface area contributed by atoms with Crippen LogP contribution in [0.15, 0.2) is 53.4 Å². The molecule has 0 spiro atoms. The molecule has 0 amide bonds. The van der Waals surface area contributed by atoms with Gasteiger partial charge in [0.1, 0.15) is 10.6 Å². The molecule has 0 aromatic heterocycles. The molecule has 2 rings (SSSR count). The van der Waals surface area contributed by atoms with Crippen LogP contribution < -0.4 is 4.18 Å². The molecule has 0 heterocycles. The molecule has 5 nitrogen and oxygen atoms in total. The number of rotatable bonds is 5. The molecule has 0 aliphatic rings. The minimum Gasteiger partial charge on any atom is -0.379 e. The molecule has 0 radical (unpaired) electrons. The second-order valence-corrected chi connectivity index (χ2v) is 6.21. The van der Waals surface area contributed by atoms with Crippen molar-refractivity contribution in [3.63, 3.8) is 0 Å². The fourth-order valence-corrected chi connectivity index (χ4v) is 2.77. The van der Waals surface area contributed by atoms with Gasteiger partial charge in [0, 0.05) is 7.11 Å². The van der Waals surface area contributed by atoms with Crippen molar-refractivity contribution in [2.75, 3.05) is 7.11 Å². The van der Waals surface area contributed by atoms with Crippen molar-refractivity contribution in [1.82, 2.24) is 0 Å². The zero-order valence-electron chi connectivity index (χ0n) is 12.2. The summed E-state index contributed by atoms with van der Waals surface area (Å²) in [6.07, 6.45) is -0.692. The lowest BCUT2D eigenvalue weighted by Gasteiger charge is -2.10. The van der Waals surface area contributed by atoms with Crippen LogP contribution in [0.3, 0.4) is 0 Å². The molecule has 1 atom stereocenters. The fourth-order valence-electron chi connectivity index (χ4n) is 1.84. The van der Waals surface area contributed by atoms with Crippen LogP contribution in [0.2, 0.25) is 0 Å². The smallest absolute Gasteiger partial charge is 0.339 e. The Hall–Kier alpha value is -2.36. The molecule has 0 saturated carbocycles. The zero-order valence-corrected chi connectivity index (χ0v) is 13.0. The third kappa shape index (κ3) is 3.64. The molecule has 0 bridgehead atoms. The molecule has 0 N–H and O–H groups in total. The second kappa shape index (κ2) is 6.60. The van der Waals surface area contributed by atoms with Gasteiger partial charge in [0.2, 0.25) is 0 Å². The van der Waals surface area contributed by atoms with Crippen molar-refractivity contribution in [3.8, 4) is 11.8 Å². The predicted octanol–water partition coefficient (Wildman–Crippen LogP) is 2.97. The van der Waals surface area contributed by atoms with Crippen LogP contribution in [0, 0.1) is 18.3 Å². The summed E-state index contributed by atoms with van der Waals surface area (Å²) >= 11 is 0. The van der Waals surface area contributed by atoms with Crippen LogP contribution in [-0.4, -0.2) is 15.5 Å². The second-order valence-electron chi connectivity index (χ2n) is 4.66. The number of methoxy groups -OCH3 is 1. The lowest BCUT2D eigenvalue weighted by atomic mass is 10.1. The maximum Gasteiger partial charge on any atom is 0.339 e. The first-order valence-electron chi connectivity index (χ1n) is 6.50. The molecule has 22 heavy (non-hydrogen) atoms. The van der Waals surface area contributed by atoms with E-state index in [2.05, 4.69) is 0 Å². The van der Waals surface area contributed by atoms with E-state index in [-0.39, 0.29) is 10.6 Å². The molecule has 2 aromatic carbocycles.